The fraction of sp³-hybridized carbons (Fsp3) is 0.421. The van der Waals surface area contributed by atoms with Crippen molar-refractivity contribution in [2.24, 2.45) is 0 Å². The van der Waals surface area contributed by atoms with Crippen molar-refractivity contribution < 1.29 is 4.57 Å². The Morgan fingerprint density at radius 2 is 2.10 bits per heavy atom. The van der Waals surface area contributed by atoms with E-state index in [0.29, 0.717) is 0 Å². The topological polar surface area (TPSA) is 8.81 Å². The molecule has 112 valence electrons. The van der Waals surface area contributed by atoms with Gasteiger partial charge in [0.2, 0.25) is 0 Å². The molecule has 0 radical (unpaired) electrons. The van der Waals surface area contributed by atoms with Crippen LogP contribution in [-0.4, -0.2) is 4.57 Å². The highest BCUT2D eigenvalue weighted by Gasteiger charge is 2.12. The normalized spacial score (nSPS) is 10.8. The van der Waals surface area contributed by atoms with Crippen LogP contribution >= 0.6 is 0 Å². The summed E-state index contributed by atoms with van der Waals surface area (Å²) in [6.07, 6.45) is 11.5. The molecule has 0 aliphatic heterocycles. The average molecular weight is 283 g/mol. The number of nitrogens with zero attached hydrogens (tertiary/aromatic N) is 2. The van der Waals surface area contributed by atoms with Crippen molar-refractivity contribution in [1.82, 2.24) is 4.57 Å². The number of aromatic nitrogens is 2. The van der Waals surface area contributed by atoms with E-state index in [2.05, 4.69) is 66.2 Å². The summed E-state index contributed by atoms with van der Waals surface area (Å²) in [5, 5.41) is 0. The van der Waals surface area contributed by atoms with E-state index in [1.54, 1.807) is 0 Å². The van der Waals surface area contributed by atoms with E-state index in [1.807, 2.05) is 6.08 Å². The molecular weight excluding hydrogens is 256 g/mol. The number of imidazole rings is 1. The van der Waals surface area contributed by atoms with Crippen LogP contribution in [0.2, 0.25) is 0 Å². The quantitative estimate of drug-likeness (QED) is 0.503. The minimum atomic E-state index is 0.926. The Morgan fingerprint density at radius 3 is 2.86 bits per heavy atom. The first kappa shape index (κ1) is 15.6. The van der Waals surface area contributed by atoms with Gasteiger partial charge in [-0.1, -0.05) is 50.6 Å². The van der Waals surface area contributed by atoms with Crippen LogP contribution in [0.3, 0.4) is 0 Å². The molecule has 1 heterocycles. The maximum Gasteiger partial charge on any atom is 0.253 e. The van der Waals surface area contributed by atoms with Crippen molar-refractivity contribution in [1.29, 1.82) is 0 Å². The Morgan fingerprint density at radius 1 is 1.24 bits per heavy atom. The van der Waals surface area contributed by atoms with Crippen LogP contribution in [0.25, 0.3) is 6.08 Å². The molecule has 0 saturated heterocycles. The van der Waals surface area contributed by atoms with Crippen LogP contribution in [0.5, 0.6) is 0 Å². The molecule has 1 aromatic carbocycles. The third kappa shape index (κ3) is 4.32. The van der Waals surface area contributed by atoms with Gasteiger partial charge in [-0.05, 0) is 30.0 Å². The molecule has 0 aliphatic rings. The van der Waals surface area contributed by atoms with Gasteiger partial charge in [-0.2, -0.15) is 0 Å². The summed E-state index contributed by atoms with van der Waals surface area (Å²) in [5.41, 5.74) is 2.51. The van der Waals surface area contributed by atoms with E-state index in [1.165, 1.54) is 42.6 Å². The second kappa shape index (κ2) is 7.82. The molecule has 2 aromatic rings. The number of hydrogen-bond donors (Lipinski definition) is 0. The standard InChI is InChI=1S/C19H27N2/c1-4-6-7-8-12-20-13-14-21(17(20)3)16-19-11-9-10-18(5-2)15-19/h5,9-11,13-15H,2,4,6-8,12,16H2,1,3H3/q+1. The molecule has 0 unspecified atom stereocenters. The smallest absolute Gasteiger partial charge is 0.234 e. The highest BCUT2D eigenvalue weighted by atomic mass is 15.1. The van der Waals surface area contributed by atoms with Crippen molar-refractivity contribution in [3.8, 4) is 0 Å². The molecule has 0 amide bonds. The van der Waals surface area contributed by atoms with E-state index < -0.39 is 0 Å². The summed E-state index contributed by atoms with van der Waals surface area (Å²) >= 11 is 0. The molecule has 2 heteroatoms. The zero-order chi connectivity index (χ0) is 15.1. The fourth-order valence-corrected chi connectivity index (χ4v) is 2.67. The zero-order valence-electron chi connectivity index (χ0n) is 13.4. The Labute approximate surface area is 128 Å². The molecule has 0 N–H and O–H groups in total. The monoisotopic (exact) mass is 283 g/mol. The van der Waals surface area contributed by atoms with Crippen LogP contribution in [0.15, 0.2) is 43.2 Å². The maximum atomic E-state index is 3.84. The Balaban J connectivity index is 2.00. The number of benzene rings is 1. The van der Waals surface area contributed by atoms with Gasteiger partial charge < -0.3 is 0 Å². The van der Waals surface area contributed by atoms with E-state index >= 15 is 0 Å². The van der Waals surface area contributed by atoms with Crippen LogP contribution in [-0.2, 0) is 13.1 Å². The second-order valence-corrected chi connectivity index (χ2v) is 5.68. The van der Waals surface area contributed by atoms with Crippen molar-refractivity contribution in [3.05, 3.63) is 60.2 Å². The van der Waals surface area contributed by atoms with Crippen LogP contribution in [0, 0.1) is 6.92 Å². The lowest BCUT2D eigenvalue weighted by atomic mass is 10.1. The Bertz CT molecular complexity index is 581. The largest absolute Gasteiger partial charge is 0.253 e. The highest BCUT2D eigenvalue weighted by Crippen LogP contribution is 2.07. The molecule has 0 spiro atoms. The minimum absolute atomic E-state index is 0.926. The van der Waals surface area contributed by atoms with Crippen molar-refractivity contribution in [2.45, 2.75) is 52.6 Å². The fourth-order valence-electron chi connectivity index (χ4n) is 2.67. The van der Waals surface area contributed by atoms with Crippen molar-refractivity contribution in [3.63, 3.8) is 0 Å². The van der Waals surface area contributed by atoms with Gasteiger partial charge in [0.1, 0.15) is 18.9 Å². The number of hydrogen-bond acceptors (Lipinski definition) is 0. The highest BCUT2D eigenvalue weighted by molar-refractivity contribution is 5.47. The third-order valence-corrected chi connectivity index (χ3v) is 4.05. The molecule has 1 aromatic heterocycles. The SMILES string of the molecule is C=Cc1cccc(C[n+]2ccn(CCCCCC)c2C)c1. The number of rotatable bonds is 8. The molecule has 0 bridgehead atoms. The molecule has 0 atom stereocenters. The lowest BCUT2D eigenvalue weighted by molar-refractivity contribution is -0.694. The molecule has 0 fully saturated rings. The summed E-state index contributed by atoms with van der Waals surface area (Å²) in [4.78, 5) is 0. The lowest BCUT2D eigenvalue weighted by Gasteiger charge is -2.03. The average Bonchev–Trinajstić information content (AvgIpc) is 2.85. The first-order chi connectivity index (χ1) is 10.2. The molecule has 0 saturated carbocycles. The van der Waals surface area contributed by atoms with Gasteiger partial charge in [0.05, 0.1) is 6.54 Å². The summed E-state index contributed by atoms with van der Waals surface area (Å²) in [5.74, 6) is 1.33. The summed E-state index contributed by atoms with van der Waals surface area (Å²) in [6.45, 7) is 10.4. The molecule has 2 rings (SSSR count). The summed E-state index contributed by atoms with van der Waals surface area (Å²) in [6, 6.07) is 8.58. The predicted molar refractivity (Wildman–Crippen MR) is 89.1 cm³/mol. The van der Waals surface area contributed by atoms with E-state index in [-0.39, 0.29) is 0 Å². The zero-order valence-corrected chi connectivity index (χ0v) is 13.4. The second-order valence-electron chi connectivity index (χ2n) is 5.68. The van der Waals surface area contributed by atoms with Gasteiger partial charge in [0, 0.05) is 6.92 Å². The van der Waals surface area contributed by atoms with E-state index in [0.717, 1.165) is 13.1 Å². The van der Waals surface area contributed by atoms with Gasteiger partial charge in [-0.15, -0.1) is 0 Å². The van der Waals surface area contributed by atoms with E-state index in [9.17, 15) is 0 Å². The van der Waals surface area contributed by atoms with Crippen LogP contribution in [0.4, 0.5) is 0 Å². The summed E-state index contributed by atoms with van der Waals surface area (Å²) < 4.78 is 4.69. The first-order valence-electron chi connectivity index (χ1n) is 8.01. The van der Waals surface area contributed by atoms with Gasteiger partial charge in [0.25, 0.3) is 5.82 Å². The van der Waals surface area contributed by atoms with Crippen LogP contribution in [0.1, 0.15) is 49.6 Å². The lowest BCUT2D eigenvalue weighted by Crippen LogP contribution is -2.36. The van der Waals surface area contributed by atoms with Crippen LogP contribution < -0.4 is 4.57 Å². The van der Waals surface area contributed by atoms with Gasteiger partial charge >= 0.3 is 0 Å². The van der Waals surface area contributed by atoms with Gasteiger partial charge in [0.15, 0.2) is 0 Å². The minimum Gasteiger partial charge on any atom is -0.234 e. The molecule has 0 aliphatic carbocycles. The Hall–Kier alpha value is -1.83. The Kier molecular flexibility index (Phi) is 5.79. The predicted octanol–water partition coefficient (Wildman–Crippen LogP) is 4.36. The molecule has 21 heavy (non-hydrogen) atoms. The summed E-state index contributed by atoms with van der Waals surface area (Å²) in [7, 11) is 0. The number of aryl methyl sites for hydroxylation is 1. The first-order valence-corrected chi connectivity index (χ1v) is 8.01. The molecular formula is C19H27N2+. The molecule has 2 nitrogen and oxygen atoms in total. The van der Waals surface area contributed by atoms with Gasteiger partial charge in [-0.25, -0.2) is 9.13 Å². The third-order valence-electron chi connectivity index (χ3n) is 4.05. The van der Waals surface area contributed by atoms with Crippen molar-refractivity contribution >= 4 is 6.08 Å². The maximum absolute atomic E-state index is 3.84. The van der Waals surface area contributed by atoms with Gasteiger partial charge in [-0.3, -0.25) is 0 Å². The number of unbranched alkanes of at least 4 members (excludes halogenated alkanes) is 3. The van der Waals surface area contributed by atoms with E-state index in [4.69, 9.17) is 0 Å². The van der Waals surface area contributed by atoms with Crippen molar-refractivity contribution in [2.75, 3.05) is 0 Å².